The Balaban J connectivity index is 2.87. The molecule has 1 aromatic carbocycles. The topological polar surface area (TPSA) is 53.2 Å². The molecule has 0 aliphatic rings. The molecule has 1 rings (SSSR count). The van der Waals surface area contributed by atoms with Gasteiger partial charge < -0.3 is 9.84 Å². The number of hydrogen-bond donors (Lipinski definition) is 1. The van der Waals surface area contributed by atoms with Gasteiger partial charge >= 0.3 is 0 Å². The van der Waals surface area contributed by atoms with Crippen molar-refractivity contribution < 1.29 is 9.84 Å². The second kappa shape index (κ2) is 4.52. The van der Waals surface area contributed by atoms with Crippen LogP contribution in [0.15, 0.2) is 18.2 Å². The first-order chi connectivity index (χ1) is 6.94. The summed E-state index contributed by atoms with van der Waals surface area (Å²) in [5.74, 6) is 0.395. The third kappa shape index (κ3) is 3.43. The SMILES string of the molecule is CC(C)(O)COc1cccc(Cl)c1C#N. The van der Waals surface area contributed by atoms with Gasteiger partial charge in [-0.3, -0.25) is 0 Å². The summed E-state index contributed by atoms with van der Waals surface area (Å²) in [6.45, 7) is 3.37. The van der Waals surface area contributed by atoms with Gasteiger partial charge in [-0.2, -0.15) is 5.26 Å². The quantitative estimate of drug-likeness (QED) is 0.859. The molecule has 0 aliphatic carbocycles. The van der Waals surface area contributed by atoms with Crippen LogP contribution in [-0.2, 0) is 0 Å². The fraction of sp³-hybridized carbons (Fsp3) is 0.364. The lowest BCUT2D eigenvalue weighted by atomic mass is 10.1. The Hall–Kier alpha value is -1.24. The van der Waals surface area contributed by atoms with Crippen molar-refractivity contribution in [3.8, 4) is 11.8 Å². The van der Waals surface area contributed by atoms with Crippen molar-refractivity contribution in [1.82, 2.24) is 0 Å². The Morgan fingerprint density at radius 2 is 2.20 bits per heavy atom. The van der Waals surface area contributed by atoms with E-state index < -0.39 is 5.60 Å². The number of halogens is 1. The van der Waals surface area contributed by atoms with Crippen LogP contribution < -0.4 is 4.74 Å². The van der Waals surface area contributed by atoms with Gasteiger partial charge in [0.1, 0.15) is 24.0 Å². The van der Waals surface area contributed by atoms with Gasteiger partial charge in [-0.1, -0.05) is 17.7 Å². The van der Waals surface area contributed by atoms with Crippen LogP contribution in [0.25, 0.3) is 0 Å². The highest BCUT2D eigenvalue weighted by atomic mass is 35.5. The summed E-state index contributed by atoms with van der Waals surface area (Å²) in [6, 6.07) is 6.93. The van der Waals surface area contributed by atoms with Crippen LogP contribution in [0.3, 0.4) is 0 Å². The predicted molar refractivity (Wildman–Crippen MR) is 58.0 cm³/mol. The van der Waals surface area contributed by atoms with Crippen molar-refractivity contribution in [3.05, 3.63) is 28.8 Å². The van der Waals surface area contributed by atoms with E-state index in [1.54, 1.807) is 32.0 Å². The van der Waals surface area contributed by atoms with Crippen LogP contribution in [0.2, 0.25) is 5.02 Å². The third-order valence-electron chi connectivity index (χ3n) is 1.67. The smallest absolute Gasteiger partial charge is 0.138 e. The minimum atomic E-state index is -0.935. The van der Waals surface area contributed by atoms with Gasteiger partial charge in [-0.25, -0.2) is 0 Å². The molecule has 0 aliphatic heterocycles. The standard InChI is InChI=1S/C11H12ClNO2/c1-11(2,14)7-15-10-5-3-4-9(12)8(10)6-13/h3-5,14H,7H2,1-2H3. The molecule has 0 saturated carbocycles. The van der Waals surface area contributed by atoms with Crippen molar-refractivity contribution in [2.75, 3.05) is 6.61 Å². The van der Waals surface area contributed by atoms with E-state index in [1.807, 2.05) is 6.07 Å². The molecular formula is C11H12ClNO2. The molecule has 0 unspecified atom stereocenters. The van der Waals surface area contributed by atoms with Crippen molar-refractivity contribution >= 4 is 11.6 Å². The Morgan fingerprint density at radius 3 is 2.73 bits per heavy atom. The monoisotopic (exact) mass is 225 g/mol. The first kappa shape index (κ1) is 11.8. The maximum Gasteiger partial charge on any atom is 0.138 e. The molecule has 0 bridgehead atoms. The van der Waals surface area contributed by atoms with E-state index in [2.05, 4.69) is 0 Å². The number of ether oxygens (including phenoxy) is 1. The highest BCUT2D eigenvalue weighted by molar-refractivity contribution is 6.31. The summed E-state index contributed by atoms with van der Waals surface area (Å²) in [5.41, 5.74) is -0.641. The van der Waals surface area contributed by atoms with E-state index in [-0.39, 0.29) is 6.61 Å². The molecule has 0 aromatic heterocycles. The molecule has 80 valence electrons. The average molecular weight is 226 g/mol. The molecule has 0 amide bonds. The number of rotatable bonds is 3. The first-order valence-electron chi connectivity index (χ1n) is 4.48. The summed E-state index contributed by atoms with van der Waals surface area (Å²) < 4.78 is 5.32. The fourth-order valence-corrected chi connectivity index (χ4v) is 1.20. The zero-order valence-electron chi connectivity index (χ0n) is 8.62. The molecule has 0 heterocycles. The molecule has 1 aromatic rings. The van der Waals surface area contributed by atoms with E-state index in [1.165, 1.54) is 0 Å². The van der Waals surface area contributed by atoms with Gasteiger partial charge in [-0.15, -0.1) is 0 Å². The van der Waals surface area contributed by atoms with Gasteiger partial charge in [0.15, 0.2) is 0 Å². The van der Waals surface area contributed by atoms with Crippen molar-refractivity contribution in [2.45, 2.75) is 19.4 Å². The van der Waals surface area contributed by atoms with E-state index in [4.69, 9.17) is 21.6 Å². The summed E-state index contributed by atoms with van der Waals surface area (Å²) >= 11 is 5.81. The number of nitrogens with zero attached hydrogens (tertiary/aromatic N) is 1. The number of nitriles is 1. The molecule has 0 spiro atoms. The summed E-state index contributed by atoms with van der Waals surface area (Å²) in [4.78, 5) is 0. The molecule has 4 heteroatoms. The third-order valence-corrected chi connectivity index (χ3v) is 1.98. The van der Waals surface area contributed by atoms with Crippen LogP contribution in [-0.4, -0.2) is 17.3 Å². The highest BCUT2D eigenvalue weighted by Gasteiger charge is 2.15. The fourth-order valence-electron chi connectivity index (χ4n) is 0.987. The minimum absolute atomic E-state index is 0.113. The lowest BCUT2D eigenvalue weighted by Gasteiger charge is -2.18. The Kier molecular flexibility index (Phi) is 3.57. The van der Waals surface area contributed by atoms with E-state index in [0.717, 1.165) is 0 Å². The normalized spacial score (nSPS) is 10.9. The number of hydrogen-bond acceptors (Lipinski definition) is 3. The van der Waals surface area contributed by atoms with Crippen LogP contribution in [0.4, 0.5) is 0 Å². The lowest BCUT2D eigenvalue weighted by Crippen LogP contribution is -2.28. The second-order valence-electron chi connectivity index (χ2n) is 3.83. The molecule has 0 radical (unpaired) electrons. The van der Waals surface area contributed by atoms with Crippen LogP contribution in [0.5, 0.6) is 5.75 Å². The first-order valence-corrected chi connectivity index (χ1v) is 4.85. The molecule has 1 N–H and O–H groups in total. The molecule has 0 atom stereocenters. The average Bonchev–Trinajstić information content (AvgIpc) is 2.13. The Bertz CT molecular complexity index is 391. The van der Waals surface area contributed by atoms with Crippen molar-refractivity contribution in [3.63, 3.8) is 0 Å². The molecular weight excluding hydrogens is 214 g/mol. The summed E-state index contributed by atoms with van der Waals surface area (Å²) in [5, 5.41) is 18.7. The van der Waals surface area contributed by atoms with Gasteiger partial charge in [-0.05, 0) is 26.0 Å². The van der Waals surface area contributed by atoms with Crippen molar-refractivity contribution in [2.24, 2.45) is 0 Å². The Labute approximate surface area is 93.9 Å². The highest BCUT2D eigenvalue weighted by Crippen LogP contribution is 2.25. The number of benzene rings is 1. The van der Waals surface area contributed by atoms with Crippen molar-refractivity contribution in [1.29, 1.82) is 5.26 Å². The molecule has 3 nitrogen and oxygen atoms in total. The largest absolute Gasteiger partial charge is 0.489 e. The molecule has 0 saturated heterocycles. The predicted octanol–water partition coefficient (Wildman–Crippen LogP) is 2.36. The lowest BCUT2D eigenvalue weighted by molar-refractivity contribution is 0.0284. The van der Waals surface area contributed by atoms with Crippen LogP contribution in [0.1, 0.15) is 19.4 Å². The van der Waals surface area contributed by atoms with E-state index in [0.29, 0.717) is 16.3 Å². The van der Waals surface area contributed by atoms with Gasteiger partial charge in [0, 0.05) is 0 Å². The zero-order valence-corrected chi connectivity index (χ0v) is 9.38. The molecule has 0 fully saturated rings. The van der Waals surface area contributed by atoms with Crippen LogP contribution >= 0.6 is 11.6 Å². The van der Waals surface area contributed by atoms with Crippen LogP contribution in [0, 0.1) is 11.3 Å². The minimum Gasteiger partial charge on any atom is -0.489 e. The van der Waals surface area contributed by atoms with Gasteiger partial charge in [0.2, 0.25) is 0 Å². The van der Waals surface area contributed by atoms with Gasteiger partial charge in [0.05, 0.1) is 10.6 Å². The summed E-state index contributed by atoms with van der Waals surface area (Å²) in [6.07, 6.45) is 0. The maximum atomic E-state index is 9.47. The van der Waals surface area contributed by atoms with E-state index >= 15 is 0 Å². The Morgan fingerprint density at radius 1 is 1.53 bits per heavy atom. The van der Waals surface area contributed by atoms with E-state index in [9.17, 15) is 5.11 Å². The number of aliphatic hydroxyl groups is 1. The summed E-state index contributed by atoms with van der Waals surface area (Å²) in [7, 11) is 0. The zero-order chi connectivity index (χ0) is 11.5. The molecule has 15 heavy (non-hydrogen) atoms. The van der Waals surface area contributed by atoms with Gasteiger partial charge in [0.25, 0.3) is 0 Å². The maximum absolute atomic E-state index is 9.47. The second-order valence-corrected chi connectivity index (χ2v) is 4.23.